The van der Waals surface area contributed by atoms with Crippen molar-refractivity contribution in [3.8, 4) is 0 Å². The van der Waals surface area contributed by atoms with Crippen molar-refractivity contribution in [2.45, 2.75) is 25.1 Å². The van der Waals surface area contributed by atoms with Crippen LogP contribution in [-0.2, 0) is 17.3 Å². The third-order valence-electron chi connectivity index (χ3n) is 3.19. The van der Waals surface area contributed by atoms with Crippen LogP contribution in [0.2, 0.25) is 0 Å². The summed E-state index contributed by atoms with van der Waals surface area (Å²) in [6.45, 7) is 1.08. The number of benzene rings is 1. The van der Waals surface area contributed by atoms with E-state index in [9.17, 15) is 13.2 Å². The smallest absolute Gasteiger partial charge is 0.373 e. The summed E-state index contributed by atoms with van der Waals surface area (Å²) in [5.74, 6) is 0. The molecule has 0 radical (unpaired) electrons. The second-order valence-electron chi connectivity index (χ2n) is 4.37. The molecule has 2 rings (SSSR count). The van der Waals surface area contributed by atoms with Gasteiger partial charge in [0, 0.05) is 0 Å². The van der Waals surface area contributed by atoms with Gasteiger partial charge in [0.15, 0.2) is 0 Å². The molecule has 0 aromatic heterocycles. The zero-order valence-electron chi connectivity index (χ0n) is 10.2. The maximum atomic E-state index is 12.9. The van der Waals surface area contributed by atoms with Gasteiger partial charge in [-0.1, -0.05) is 12.1 Å². The molecule has 0 saturated heterocycles. The van der Waals surface area contributed by atoms with Crippen LogP contribution in [0, 0.1) is 0 Å². The molecule has 0 bridgehead atoms. The molecule has 0 spiro atoms. The quantitative estimate of drug-likeness (QED) is 0.901. The highest BCUT2D eigenvalue weighted by molar-refractivity contribution is 5.39. The molecule has 0 fully saturated rings. The van der Waals surface area contributed by atoms with Gasteiger partial charge >= 0.3 is 6.18 Å². The van der Waals surface area contributed by atoms with E-state index < -0.39 is 11.7 Å². The fourth-order valence-corrected chi connectivity index (χ4v) is 2.36. The van der Waals surface area contributed by atoms with Gasteiger partial charge < -0.3 is 10.1 Å². The monoisotopic (exact) mass is 259 g/mol. The van der Waals surface area contributed by atoms with Gasteiger partial charge in [-0.15, -0.1) is 0 Å². The predicted molar refractivity (Wildman–Crippen MR) is 62.4 cm³/mol. The molecule has 2 nitrogen and oxygen atoms in total. The Balaban J connectivity index is 2.34. The summed E-state index contributed by atoms with van der Waals surface area (Å²) in [6, 6.07) is 4.35. The lowest BCUT2D eigenvalue weighted by atomic mass is 9.91. The van der Waals surface area contributed by atoms with Crippen LogP contribution in [0.4, 0.5) is 13.2 Å². The normalized spacial score (nSPS) is 19.7. The van der Waals surface area contributed by atoms with Crippen LogP contribution >= 0.6 is 0 Å². The van der Waals surface area contributed by atoms with Gasteiger partial charge in [0.05, 0.1) is 18.3 Å². The van der Waals surface area contributed by atoms with Crippen LogP contribution < -0.4 is 5.32 Å². The number of alkyl halides is 3. The SMILES string of the molecule is CNCC[C@@H]1OCCc2c1cccc2C(F)(F)F. The van der Waals surface area contributed by atoms with Gasteiger partial charge in [0.25, 0.3) is 0 Å². The zero-order valence-corrected chi connectivity index (χ0v) is 10.2. The van der Waals surface area contributed by atoms with E-state index in [4.69, 9.17) is 4.74 Å². The number of nitrogens with one attached hydrogen (secondary N) is 1. The highest BCUT2D eigenvalue weighted by Gasteiger charge is 2.36. The van der Waals surface area contributed by atoms with E-state index in [1.807, 2.05) is 7.05 Å². The van der Waals surface area contributed by atoms with Crippen LogP contribution in [0.25, 0.3) is 0 Å². The van der Waals surface area contributed by atoms with Gasteiger partial charge in [-0.25, -0.2) is 0 Å². The summed E-state index contributed by atoms with van der Waals surface area (Å²) in [5, 5.41) is 2.99. The maximum Gasteiger partial charge on any atom is 0.416 e. The van der Waals surface area contributed by atoms with E-state index >= 15 is 0 Å². The van der Waals surface area contributed by atoms with Crippen molar-refractivity contribution < 1.29 is 17.9 Å². The minimum atomic E-state index is -4.28. The largest absolute Gasteiger partial charge is 0.416 e. The van der Waals surface area contributed by atoms with Gasteiger partial charge in [-0.05, 0) is 43.6 Å². The third kappa shape index (κ3) is 2.67. The number of rotatable bonds is 3. The zero-order chi connectivity index (χ0) is 13.2. The topological polar surface area (TPSA) is 21.3 Å². The Morgan fingerprint density at radius 3 is 2.83 bits per heavy atom. The molecule has 0 amide bonds. The van der Waals surface area contributed by atoms with Crippen molar-refractivity contribution >= 4 is 0 Å². The summed E-state index contributed by atoms with van der Waals surface area (Å²) in [7, 11) is 1.82. The van der Waals surface area contributed by atoms with E-state index in [1.54, 1.807) is 6.07 Å². The first-order valence-electron chi connectivity index (χ1n) is 5.99. The highest BCUT2D eigenvalue weighted by atomic mass is 19.4. The molecule has 1 heterocycles. The molecule has 18 heavy (non-hydrogen) atoms. The molecular weight excluding hydrogens is 243 g/mol. The van der Waals surface area contributed by atoms with Crippen molar-refractivity contribution in [1.82, 2.24) is 5.32 Å². The first-order chi connectivity index (χ1) is 8.54. The maximum absolute atomic E-state index is 12.9. The molecule has 1 atom stereocenters. The fourth-order valence-electron chi connectivity index (χ4n) is 2.36. The average molecular weight is 259 g/mol. The van der Waals surface area contributed by atoms with Crippen molar-refractivity contribution in [3.05, 3.63) is 34.9 Å². The van der Waals surface area contributed by atoms with Gasteiger partial charge in [-0.2, -0.15) is 13.2 Å². The Morgan fingerprint density at radius 1 is 1.39 bits per heavy atom. The van der Waals surface area contributed by atoms with Crippen LogP contribution in [-0.4, -0.2) is 20.2 Å². The van der Waals surface area contributed by atoms with E-state index in [0.717, 1.165) is 12.6 Å². The molecule has 1 aromatic rings. The van der Waals surface area contributed by atoms with E-state index in [-0.39, 0.29) is 6.10 Å². The molecule has 1 N–H and O–H groups in total. The number of hydrogen-bond donors (Lipinski definition) is 1. The van der Waals surface area contributed by atoms with Crippen LogP contribution in [0.5, 0.6) is 0 Å². The Hall–Kier alpha value is -1.07. The van der Waals surface area contributed by atoms with Gasteiger partial charge in [0.1, 0.15) is 0 Å². The number of halogens is 3. The van der Waals surface area contributed by atoms with Gasteiger partial charge in [-0.3, -0.25) is 0 Å². The summed E-state index contributed by atoms with van der Waals surface area (Å²) >= 11 is 0. The van der Waals surface area contributed by atoms with E-state index in [2.05, 4.69) is 5.32 Å². The molecule has 1 aromatic carbocycles. The van der Waals surface area contributed by atoms with Crippen molar-refractivity contribution in [2.75, 3.05) is 20.2 Å². The van der Waals surface area contributed by atoms with Crippen molar-refractivity contribution in [2.24, 2.45) is 0 Å². The summed E-state index contributed by atoms with van der Waals surface area (Å²) in [4.78, 5) is 0. The molecular formula is C13H16F3NO. The second kappa shape index (κ2) is 5.28. The average Bonchev–Trinajstić information content (AvgIpc) is 2.34. The third-order valence-corrected chi connectivity index (χ3v) is 3.19. The van der Waals surface area contributed by atoms with Crippen LogP contribution in [0.1, 0.15) is 29.2 Å². The van der Waals surface area contributed by atoms with Crippen LogP contribution in [0.15, 0.2) is 18.2 Å². The first-order valence-corrected chi connectivity index (χ1v) is 5.99. The van der Waals surface area contributed by atoms with E-state index in [1.165, 1.54) is 6.07 Å². The van der Waals surface area contributed by atoms with Gasteiger partial charge in [0.2, 0.25) is 0 Å². The van der Waals surface area contributed by atoms with E-state index in [0.29, 0.717) is 30.6 Å². The van der Waals surface area contributed by atoms with Crippen molar-refractivity contribution in [3.63, 3.8) is 0 Å². The lowest BCUT2D eigenvalue weighted by molar-refractivity contribution is -0.138. The predicted octanol–water partition coefficient (Wildman–Crippen LogP) is 2.93. The standard InChI is InChI=1S/C13H16F3NO/c1-17-7-5-12-10-3-2-4-11(13(14,15)16)9(10)6-8-18-12/h2-4,12,17H,5-8H2,1H3/t12-/m0/s1. The lowest BCUT2D eigenvalue weighted by Gasteiger charge is -2.28. The number of fused-ring (bicyclic) bond motifs is 1. The Kier molecular flexibility index (Phi) is 3.92. The summed E-state index contributed by atoms with van der Waals surface area (Å²) < 4.78 is 44.3. The molecule has 0 aliphatic carbocycles. The van der Waals surface area contributed by atoms with Crippen molar-refractivity contribution in [1.29, 1.82) is 0 Å². The number of hydrogen-bond acceptors (Lipinski definition) is 2. The minimum Gasteiger partial charge on any atom is -0.373 e. The highest BCUT2D eigenvalue weighted by Crippen LogP contribution is 2.38. The lowest BCUT2D eigenvalue weighted by Crippen LogP contribution is -2.23. The molecule has 1 aliphatic rings. The Labute approximate surface area is 104 Å². The second-order valence-corrected chi connectivity index (χ2v) is 4.37. The molecule has 1 aliphatic heterocycles. The van der Waals surface area contributed by atoms with Crippen LogP contribution in [0.3, 0.4) is 0 Å². The number of ether oxygens (including phenoxy) is 1. The molecule has 100 valence electrons. The summed E-state index contributed by atoms with van der Waals surface area (Å²) in [5.41, 5.74) is 0.571. The molecule has 0 saturated carbocycles. The fraction of sp³-hybridized carbons (Fsp3) is 0.538. The first kappa shape index (κ1) is 13.4. The Bertz CT molecular complexity index is 417. The minimum absolute atomic E-state index is 0.233. The molecule has 0 unspecified atom stereocenters. The Morgan fingerprint density at radius 2 is 2.17 bits per heavy atom. The molecule has 5 heteroatoms. The summed E-state index contributed by atoms with van der Waals surface area (Å²) in [6.07, 6.45) is -3.49.